The van der Waals surface area contributed by atoms with Crippen molar-refractivity contribution in [3.63, 3.8) is 0 Å². The molecule has 2 nitrogen and oxygen atoms in total. The molecule has 0 saturated heterocycles. The first-order chi connectivity index (χ1) is 32.0. The number of allylic oxidation sites excluding steroid dienone is 1. The van der Waals surface area contributed by atoms with Crippen LogP contribution in [0.5, 0.6) is 0 Å². The molecule has 0 spiro atoms. The monoisotopic (exact) mass is 830 g/mol. The van der Waals surface area contributed by atoms with E-state index in [4.69, 9.17) is 0 Å². The summed E-state index contributed by atoms with van der Waals surface area (Å²) in [7, 11) is 0. The largest absolute Gasteiger partial charge is 0.310 e. The Morgan fingerprint density at radius 1 is 0.385 bits per heavy atom. The standard InChI is InChI=1S/C63H46N2/c1-63(2)56-28-13-9-24-48(56)54-39-55-51-27-12-16-31-60(51)65(61(55)40-57(54)63)47-23-17-22-44(36-47)53-38-45(37-52(42-18-5-3-6-19-42)62(53)43-20-7-4-8-21-43)41-32-34-46(35-33-41)64-58-29-14-10-25-49(58)50-26-11-15-30-59(50)64/h3-10,12-25,27-40H,11,26H2,1-2H3. The fraction of sp³-hybridized carbons (Fsp3) is 0.0794. The van der Waals surface area contributed by atoms with Crippen molar-refractivity contribution in [3.8, 4) is 67.0 Å². The summed E-state index contributed by atoms with van der Waals surface area (Å²) < 4.78 is 4.94. The number of para-hydroxylation sites is 2. The highest BCUT2D eigenvalue weighted by Crippen LogP contribution is 2.51. The average molecular weight is 831 g/mol. The van der Waals surface area contributed by atoms with Gasteiger partial charge in [-0.2, -0.15) is 0 Å². The Bertz CT molecular complexity index is 3710. The number of rotatable bonds is 6. The number of aryl methyl sites for hydroxylation is 1. The van der Waals surface area contributed by atoms with Crippen molar-refractivity contribution in [2.75, 3.05) is 0 Å². The Balaban J connectivity index is 1.02. The topological polar surface area (TPSA) is 9.86 Å². The molecule has 9 aromatic carbocycles. The number of benzene rings is 9. The molecule has 11 aromatic rings. The van der Waals surface area contributed by atoms with Crippen molar-refractivity contribution >= 4 is 38.8 Å². The molecule has 0 amide bonds. The number of hydrogen-bond acceptors (Lipinski definition) is 0. The molecule has 2 aliphatic rings. The van der Waals surface area contributed by atoms with Gasteiger partial charge in [0.2, 0.25) is 0 Å². The van der Waals surface area contributed by atoms with Gasteiger partial charge in [-0.1, -0.05) is 166 Å². The van der Waals surface area contributed by atoms with Crippen LogP contribution in [0.2, 0.25) is 0 Å². The zero-order valence-electron chi connectivity index (χ0n) is 36.6. The lowest BCUT2D eigenvalue weighted by molar-refractivity contribution is 0.661. The summed E-state index contributed by atoms with van der Waals surface area (Å²) in [5, 5.41) is 3.90. The molecule has 2 aliphatic carbocycles. The lowest BCUT2D eigenvalue weighted by atomic mass is 9.82. The molecule has 0 fully saturated rings. The zero-order chi connectivity index (χ0) is 43.2. The van der Waals surface area contributed by atoms with Gasteiger partial charge in [-0.25, -0.2) is 0 Å². The second kappa shape index (κ2) is 14.6. The highest BCUT2D eigenvalue weighted by molar-refractivity contribution is 6.12. The number of fused-ring (bicyclic) bond motifs is 9. The van der Waals surface area contributed by atoms with Crippen molar-refractivity contribution in [3.05, 3.63) is 235 Å². The molecule has 2 heteroatoms. The van der Waals surface area contributed by atoms with E-state index in [9.17, 15) is 0 Å². The minimum absolute atomic E-state index is 0.105. The molecular weight excluding hydrogens is 785 g/mol. The van der Waals surface area contributed by atoms with Crippen molar-refractivity contribution < 1.29 is 0 Å². The molecule has 0 radical (unpaired) electrons. The molecule has 13 rings (SSSR count). The maximum atomic E-state index is 2.50. The van der Waals surface area contributed by atoms with Crippen LogP contribution in [0.25, 0.3) is 106 Å². The number of nitrogens with zero attached hydrogens (tertiary/aromatic N) is 2. The second-order valence-corrected chi connectivity index (χ2v) is 18.4. The van der Waals surface area contributed by atoms with E-state index in [2.05, 4.69) is 241 Å². The molecule has 0 aliphatic heterocycles. The molecular formula is C63H46N2. The average Bonchev–Trinajstić information content (AvgIpc) is 3.96. The van der Waals surface area contributed by atoms with Crippen molar-refractivity contribution in [2.45, 2.75) is 32.1 Å². The molecule has 308 valence electrons. The van der Waals surface area contributed by atoms with E-state index in [0.29, 0.717) is 0 Å². The highest BCUT2D eigenvalue weighted by atomic mass is 15.0. The molecule has 0 unspecified atom stereocenters. The lowest BCUT2D eigenvalue weighted by Gasteiger charge is -2.22. The fourth-order valence-electron chi connectivity index (χ4n) is 11.3. The van der Waals surface area contributed by atoms with Gasteiger partial charge in [0.15, 0.2) is 0 Å². The van der Waals surface area contributed by atoms with E-state index in [1.807, 2.05) is 0 Å². The molecule has 2 aromatic heterocycles. The summed E-state index contributed by atoms with van der Waals surface area (Å²) >= 11 is 0. The van der Waals surface area contributed by atoms with Gasteiger partial charge in [0.05, 0.1) is 16.6 Å². The maximum Gasteiger partial charge on any atom is 0.0544 e. The van der Waals surface area contributed by atoms with Gasteiger partial charge in [-0.3, -0.25) is 0 Å². The fourth-order valence-corrected chi connectivity index (χ4v) is 11.3. The Kier molecular flexibility index (Phi) is 8.42. The first-order valence-corrected chi connectivity index (χ1v) is 23.0. The Labute approximate surface area is 380 Å². The molecule has 0 N–H and O–H groups in total. The van der Waals surface area contributed by atoms with Crippen LogP contribution in [0, 0.1) is 0 Å². The van der Waals surface area contributed by atoms with Crippen LogP contribution in [-0.4, -0.2) is 9.13 Å². The van der Waals surface area contributed by atoms with Crippen LogP contribution in [0.4, 0.5) is 0 Å². The van der Waals surface area contributed by atoms with Crippen molar-refractivity contribution in [2.24, 2.45) is 0 Å². The third-order valence-corrected chi connectivity index (χ3v) is 14.4. The number of aromatic nitrogens is 2. The summed E-state index contributed by atoms with van der Waals surface area (Å²) in [5.41, 5.74) is 23.7. The Morgan fingerprint density at radius 3 is 1.82 bits per heavy atom. The number of hydrogen-bond donors (Lipinski definition) is 0. The van der Waals surface area contributed by atoms with Gasteiger partial charge in [-0.05, 0) is 152 Å². The molecule has 0 saturated carbocycles. The quantitative estimate of drug-likeness (QED) is 0.158. The van der Waals surface area contributed by atoms with Gasteiger partial charge in [0.1, 0.15) is 0 Å². The van der Waals surface area contributed by atoms with E-state index in [1.54, 1.807) is 0 Å². The maximum absolute atomic E-state index is 2.50. The predicted octanol–water partition coefficient (Wildman–Crippen LogP) is 16.7. The second-order valence-electron chi connectivity index (χ2n) is 18.4. The predicted molar refractivity (Wildman–Crippen MR) is 274 cm³/mol. The van der Waals surface area contributed by atoms with Crippen LogP contribution < -0.4 is 0 Å². The summed E-state index contributed by atoms with van der Waals surface area (Å²) in [4.78, 5) is 0. The van der Waals surface area contributed by atoms with Crippen LogP contribution in [0.15, 0.2) is 212 Å². The minimum atomic E-state index is -0.105. The van der Waals surface area contributed by atoms with E-state index >= 15 is 0 Å². The third kappa shape index (κ3) is 5.80. The lowest BCUT2D eigenvalue weighted by Crippen LogP contribution is -2.14. The van der Waals surface area contributed by atoms with E-state index in [-0.39, 0.29) is 5.41 Å². The summed E-state index contributed by atoms with van der Waals surface area (Å²) in [6.07, 6.45) is 6.79. The normalized spacial score (nSPS) is 13.6. The van der Waals surface area contributed by atoms with Crippen LogP contribution in [-0.2, 0) is 11.8 Å². The van der Waals surface area contributed by atoms with Gasteiger partial charge in [0, 0.05) is 38.6 Å². The Morgan fingerprint density at radius 2 is 1.03 bits per heavy atom. The molecule has 0 bridgehead atoms. The van der Waals surface area contributed by atoms with Gasteiger partial charge >= 0.3 is 0 Å². The van der Waals surface area contributed by atoms with E-state index in [1.165, 1.54) is 116 Å². The summed E-state index contributed by atoms with van der Waals surface area (Å²) in [6, 6.07) is 76.8. The third-order valence-electron chi connectivity index (χ3n) is 14.4. The summed E-state index contributed by atoms with van der Waals surface area (Å²) in [6.45, 7) is 4.75. The van der Waals surface area contributed by atoms with Crippen LogP contribution in [0.3, 0.4) is 0 Å². The van der Waals surface area contributed by atoms with Crippen LogP contribution >= 0.6 is 0 Å². The Hall–Kier alpha value is -7.94. The van der Waals surface area contributed by atoms with Crippen LogP contribution in [0.1, 0.15) is 42.7 Å². The summed E-state index contributed by atoms with van der Waals surface area (Å²) in [5.74, 6) is 0. The van der Waals surface area contributed by atoms with Crippen molar-refractivity contribution in [1.82, 2.24) is 9.13 Å². The first-order valence-electron chi connectivity index (χ1n) is 23.0. The minimum Gasteiger partial charge on any atom is -0.310 e. The highest BCUT2D eigenvalue weighted by Gasteiger charge is 2.36. The van der Waals surface area contributed by atoms with Gasteiger partial charge in [-0.15, -0.1) is 0 Å². The van der Waals surface area contributed by atoms with Gasteiger partial charge < -0.3 is 9.13 Å². The first kappa shape index (κ1) is 37.6. The zero-order valence-corrected chi connectivity index (χ0v) is 36.6. The van der Waals surface area contributed by atoms with Crippen molar-refractivity contribution in [1.29, 1.82) is 0 Å². The van der Waals surface area contributed by atoms with Gasteiger partial charge in [0.25, 0.3) is 0 Å². The SMILES string of the molecule is CC1(C)c2ccccc2-c2cc3c4ccccc4n(-c4cccc(-c5cc(-c6ccc(-n7c8c(c9ccccc97)CCC=C8)cc6)cc(-c6ccccc6)c5-c5ccccc5)c4)c3cc21. The van der Waals surface area contributed by atoms with E-state index < -0.39 is 0 Å². The smallest absolute Gasteiger partial charge is 0.0544 e. The van der Waals surface area contributed by atoms with E-state index in [0.717, 1.165) is 18.5 Å². The molecule has 0 atom stereocenters. The molecule has 2 heterocycles. The molecule has 65 heavy (non-hydrogen) atoms.